The molecule has 0 unspecified atom stereocenters. The van der Waals surface area contributed by atoms with Gasteiger partial charge in [-0.1, -0.05) is 0 Å². The van der Waals surface area contributed by atoms with Gasteiger partial charge >= 0.3 is 6.18 Å². The van der Waals surface area contributed by atoms with Crippen molar-refractivity contribution in [2.45, 2.75) is 25.7 Å². The van der Waals surface area contributed by atoms with E-state index in [-0.39, 0.29) is 12.1 Å². The molecule has 2 aromatic heterocycles. The second-order valence-electron chi connectivity index (χ2n) is 5.02. The number of aromatic nitrogens is 5. The third-order valence-electron chi connectivity index (χ3n) is 3.56. The maximum absolute atomic E-state index is 12.8. The summed E-state index contributed by atoms with van der Waals surface area (Å²) in [7, 11) is 0. The lowest BCUT2D eigenvalue weighted by Crippen LogP contribution is -2.40. The normalized spacial score (nSPS) is 19.1. The number of anilines is 1. The van der Waals surface area contributed by atoms with E-state index in [1.807, 2.05) is 11.5 Å². The number of rotatable bonds is 3. The van der Waals surface area contributed by atoms with Crippen LogP contribution in [0.4, 0.5) is 19.1 Å². The van der Waals surface area contributed by atoms with Crippen LogP contribution in [0, 0.1) is 0 Å². The maximum Gasteiger partial charge on any atom is 0.433 e. The molecule has 1 fully saturated rings. The van der Waals surface area contributed by atoms with Crippen molar-refractivity contribution in [3.05, 3.63) is 30.1 Å². The van der Waals surface area contributed by atoms with Gasteiger partial charge in [0.25, 0.3) is 0 Å². The number of aryl methyl sites for hydroxylation is 1. The Morgan fingerprint density at radius 1 is 1.39 bits per heavy atom. The fourth-order valence-corrected chi connectivity index (χ4v) is 2.40. The Morgan fingerprint density at radius 3 is 2.96 bits per heavy atom. The summed E-state index contributed by atoms with van der Waals surface area (Å²) in [5.41, 5.74) is -0.956. The molecular formula is C13H15F3N6O. The Bertz CT molecular complexity index is 674. The number of ether oxygens (including phenoxy) is 1. The Hall–Kier alpha value is -2.23. The van der Waals surface area contributed by atoms with E-state index in [1.165, 1.54) is 0 Å². The third-order valence-corrected chi connectivity index (χ3v) is 3.56. The van der Waals surface area contributed by atoms with Gasteiger partial charge in [0.1, 0.15) is 18.1 Å². The second-order valence-corrected chi connectivity index (χ2v) is 5.02. The minimum atomic E-state index is -4.49. The van der Waals surface area contributed by atoms with Crippen molar-refractivity contribution in [2.24, 2.45) is 0 Å². The molecule has 0 N–H and O–H groups in total. The van der Waals surface area contributed by atoms with Crippen LogP contribution in [0.1, 0.15) is 24.5 Å². The summed E-state index contributed by atoms with van der Waals surface area (Å²) in [6, 6.07) is 0.856. The maximum atomic E-state index is 12.8. The third kappa shape index (κ3) is 3.26. The molecule has 1 saturated heterocycles. The van der Waals surface area contributed by atoms with Gasteiger partial charge in [-0.2, -0.15) is 13.2 Å². The number of halogens is 3. The first-order valence-corrected chi connectivity index (χ1v) is 7.13. The molecule has 1 aliphatic heterocycles. The van der Waals surface area contributed by atoms with Crippen molar-refractivity contribution in [1.29, 1.82) is 0 Å². The van der Waals surface area contributed by atoms with Crippen LogP contribution in [-0.2, 0) is 17.5 Å². The van der Waals surface area contributed by atoms with Crippen LogP contribution in [0.3, 0.4) is 0 Å². The predicted octanol–water partition coefficient (Wildman–Crippen LogP) is 1.68. The van der Waals surface area contributed by atoms with Crippen LogP contribution in [0.2, 0.25) is 0 Å². The van der Waals surface area contributed by atoms with Crippen LogP contribution in [-0.4, -0.2) is 44.4 Å². The lowest BCUT2D eigenvalue weighted by atomic mass is 10.2. The Balaban J connectivity index is 1.81. The quantitative estimate of drug-likeness (QED) is 0.854. The van der Waals surface area contributed by atoms with Gasteiger partial charge in [0.05, 0.1) is 13.2 Å². The SMILES string of the molecule is CCn1cnnc1[C@@H]1CN(c2nccc(C(F)(F)F)n2)CCO1. The van der Waals surface area contributed by atoms with Crippen molar-refractivity contribution in [2.75, 3.05) is 24.6 Å². The van der Waals surface area contributed by atoms with Gasteiger partial charge in [0.2, 0.25) is 5.95 Å². The first kappa shape index (κ1) is 15.7. The van der Waals surface area contributed by atoms with Crippen molar-refractivity contribution in [1.82, 2.24) is 24.7 Å². The average Bonchev–Trinajstić information content (AvgIpc) is 3.03. The molecule has 0 aromatic carbocycles. The summed E-state index contributed by atoms with van der Waals surface area (Å²) < 4.78 is 45.8. The molecule has 0 radical (unpaired) electrons. The largest absolute Gasteiger partial charge is 0.433 e. The molecule has 7 nitrogen and oxygen atoms in total. The zero-order valence-corrected chi connectivity index (χ0v) is 12.4. The molecule has 3 heterocycles. The van der Waals surface area contributed by atoms with E-state index >= 15 is 0 Å². The molecule has 124 valence electrons. The summed E-state index contributed by atoms with van der Waals surface area (Å²) in [5.74, 6) is 0.680. The first-order valence-electron chi connectivity index (χ1n) is 7.13. The molecule has 1 aliphatic rings. The fraction of sp³-hybridized carbons (Fsp3) is 0.538. The van der Waals surface area contributed by atoms with Crippen LogP contribution < -0.4 is 4.90 Å². The molecule has 0 spiro atoms. The molecule has 10 heteroatoms. The highest BCUT2D eigenvalue weighted by Crippen LogP contribution is 2.29. The van der Waals surface area contributed by atoms with Gasteiger partial charge in [-0.15, -0.1) is 10.2 Å². The van der Waals surface area contributed by atoms with Crippen molar-refractivity contribution >= 4 is 5.95 Å². The summed E-state index contributed by atoms with van der Waals surface area (Å²) in [4.78, 5) is 9.23. The van der Waals surface area contributed by atoms with Gasteiger partial charge < -0.3 is 14.2 Å². The molecule has 1 atom stereocenters. The van der Waals surface area contributed by atoms with Crippen molar-refractivity contribution in [3.63, 3.8) is 0 Å². The number of nitrogens with zero attached hydrogens (tertiary/aromatic N) is 6. The van der Waals surface area contributed by atoms with Crippen molar-refractivity contribution < 1.29 is 17.9 Å². The Morgan fingerprint density at radius 2 is 2.22 bits per heavy atom. The first-order chi connectivity index (χ1) is 11.0. The summed E-state index contributed by atoms with van der Waals surface area (Å²) in [5, 5.41) is 7.88. The highest BCUT2D eigenvalue weighted by atomic mass is 19.4. The standard InChI is InChI=1S/C13H15F3N6O/c1-2-21-8-18-20-11(21)9-7-22(5-6-23-9)12-17-4-3-10(19-12)13(14,15)16/h3-4,8-9H,2,5-7H2,1H3/t9-/m0/s1. The topological polar surface area (TPSA) is 69.0 Å². The number of hydrogen-bond donors (Lipinski definition) is 0. The van der Waals surface area contributed by atoms with Crippen LogP contribution in [0.15, 0.2) is 18.6 Å². The average molecular weight is 328 g/mol. The Kier molecular flexibility index (Phi) is 4.16. The molecule has 0 aliphatic carbocycles. The van der Waals surface area contributed by atoms with Gasteiger partial charge in [-0.05, 0) is 13.0 Å². The van der Waals surface area contributed by atoms with E-state index in [2.05, 4.69) is 20.2 Å². The van der Waals surface area contributed by atoms with E-state index in [4.69, 9.17) is 4.74 Å². The molecule has 3 rings (SSSR count). The van der Waals surface area contributed by atoms with E-state index in [9.17, 15) is 13.2 Å². The molecular weight excluding hydrogens is 313 g/mol. The van der Waals surface area contributed by atoms with Crippen LogP contribution in [0.25, 0.3) is 0 Å². The number of morpholine rings is 1. The minimum Gasteiger partial charge on any atom is -0.366 e. The molecule has 0 bridgehead atoms. The van der Waals surface area contributed by atoms with E-state index in [1.54, 1.807) is 11.2 Å². The van der Waals surface area contributed by atoms with E-state index < -0.39 is 11.9 Å². The summed E-state index contributed by atoms with van der Waals surface area (Å²) in [6.45, 7) is 3.71. The number of hydrogen-bond acceptors (Lipinski definition) is 6. The van der Waals surface area contributed by atoms with E-state index in [0.29, 0.717) is 32.1 Å². The molecule has 23 heavy (non-hydrogen) atoms. The molecule has 2 aromatic rings. The van der Waals surface area contributed by atoms with Crippen LogP contribution >= 0.6 is 0 Å². The lowest BCUT2D eigenvalue weighted by molar-refractivity contribution is -0.141. The number of alkyl halides is 3. The smallest absolute Gasteiger partial charge is 0.366 e. The van der Waals surface area contributed by atoms with Gasteiger partial charge in [0.15, 0.2) is 5.82 Å². The highest BCUT2D eigenvalue weighted by Gasteiger charge is 2.34. The van der Waals surface area contributed by atoms with E-state index in [0.717, 1.165) is 12.3 Å². The fourth-order valence-electron chi connectivity index (χ4n) is 2.40. The van der Waals surface area contributed by atoms with Crippen molar-refractivity contribution in [3.8, 4) is 0 Å². The second kappa shape index (κ2) is 6.11. The monoisotopic (exact) mass is 328 g/mol. The molecule has 0 saturated carbocycles. The highest BCUT2D eigenvalue weighted by molar-refractivity contribution is 5.32. The van der Waals surface area contributed by atoms with Gasteiger partial charge in [-0.3, -0.25) is 0 Å². The van der Waals surface area contributed by atoms with Gasteiger partial charge in [0, 0.05) is 19.3 Å². The predicted molar refractivity (Wildman–Crippen MR) is 73.6 cm³/mol. The summed E-state index contributed by atoms with van der Waals surface area (Å²) >= 11 is 0. The summed E-state index contributed by atoms with van der Waals surface area (Å²) in [6.07, 6.45) is -2.17. The minimum absolute atomic E-state index is 0.0377. The zero-order valence-electron chi connectivity index (χ0n) is 12.4. The Labute approximate surface area is 130 Å². The lowest BCUT2D eigenvalue weighted by Gasteiger charge is -2.32. The zero-order chi connectivity index (χ0) is 16.4. The molecule has 0 amide bonds. The van der Waals surface area contributed by atoms with Crippen LogP contribution in [0.5, 0.6) is 0 Å². The van der Waals surface area contributed by atoms with Gasteiger partial charge in [-0.25, -0.2) is 9.97 Å².